The van der Waals surface area contributed by atoms with E-state index >= 15 is 0 Å². The number of benzene rings is 3. The largest absolute Gasteiger partial charge is 0.371 e. The molecule has 1 aliphatic carbocycles. The van der Waals surface area contributed by atoms with Gasteiger partial charge in [0.15, 0.2) is 0 Å². The van der Waals surface area contributed by atoms with Crippen molar-refractivity contribution < 1.29 is 19.2 Å². The molecule has 3 aromatic rings. The molecule has 140 valence electrons. The Morgan fingerprint density at radius 2 is 1.28 bits per heavy atom. The number of rotatable bonds is 3. The zero-order valence-electron chi connectivity index (χ0n) is 15.2. The van der Waals surface area contributed by atoms with E-state index in [1.165, 1.54) is 0 Å². The first-order valence-electron chi connectivity index (χ1n) is 9.24. The van der Waals surface area contributed by atoms with Gasteiger partial charge < -0.3 is 4.84 Å². The molecule has 0 fully saturated rings. The molecule has 0 radical (unpaired) electrons. The van der Waals surface area contributed by atoms with Crippen LogP contribution in [0.5, 0.6) is 0 Å². The first kappa shape index (κ1) is 17.3. The van der Waals surface area contributed by atoms with Gasteiger partial charge in [0.2, 0.25) is 17.3 Å². The molecule has 1 unspecified atom stereocenters. The summed E-state index contributed by atoms with van der Waals surface area (Å²) in [6, 6.07) is 24.2. The van der Waals surface area contributed by atoms with Crippen LogP contribution in [0.15, 0.2) is 90.1 Å². The van der Waals surface area contributed by atoms with Crippen LogP contribution in [0.4, 0.5) is 0 Å². The maximum Gasteiger partial charge on any atom is 0.274 e. The van der Waals surface area contributed by atoms with Gasteiger partial charge in [-0.3, -0.25) is 14.4 Å². The first-order chi connectivity index (χ1) is 14.1. The van der Waals surface area contributed by atoms with E-state index in [1.807, 2.05) is 6.07 Å². The summed E-state index contributed by atoms with van der Waals surface area (Å²) in [5.41, 5.74) is -0.197. The van der Waals surface area contributed by atoms with Crippen molar-refractivity contribution in [3.8, 4) is 0 Å². The van der Waals surface area contributed by atoms with Crippen molar-refractivity contribution >= 4 is 23.1 Å². The van der Waals surface area contributed by atoms with E-state index in [0.29, 0.717) is 22.3 Å². The van der Waals surface area contributed by atoms with Crippen molar-refractivity contribution in [2.24, 2.45) is 5.16 Å². The predicted molar refractivity (Wildman–Crippen MR) is 106 cm³/mol. The molecule has 0 aromatic heterocycles. The maximum atomic E-state index is 13.4. The molecule has 5 nitrogen and oxygen atoms in total. The number of hydrogen-bond acceptors (Lipinski definition) is 5. The third-order valence-electron chi connectivity index (χ3n) is 5.46. The SMILES string of the molecule is O=C(C1=NOC2(C(=O)c3ccccc3C2=O)C1c1ccccc1)c1ccccc1. The summed E-state index contributed by atoms with van der Waals surface area (Å²) in [4.78, 5) is 45.6. The number of nitrogens with zero attached hydrogens (tertiary/aromatic N) is 1. The number of fused-ring (bicyclic) bond motifs is 1. The second kappa shape index (κ2) is 6.34. The molecule has 0 saturated carbocycles. The summed E-state index contributed by atoms with van der Waals surface area (Å²) in [5.74, 6) is -2.23. The van der Waals surface area contributed by atoms with Crippen LogP contribution >= 0.6 is 0 Å². The standard InChI is InChI=1S/C24H15NO4/c26-21(16-11-5-2-6-12-16)20-19(15-9-3-1-4-10-15)24(29-25-20)22(27)17-13-7-8-14-18(17)23(24)28/h1-14,19H. The fourth-order valence-corrected chi connectivity index (χ4v) is 4.09. The molecule has 1 aliphatic heterocycles. The predicted octanol–water partition coefficient (Wildman–Crippen LogP) is 3.86. The van der Waals surface area contributed by atoms with Crippen molar-refractivity contribution in [2.75, 3.05) is 0 Å². The molecule has 3 aromatic carbocycles. The average molecular weight is 381 g/mol. The van der Waals surface area contributed by atoms with Gasteiger partial charge in [0, 0.05) is 16.7 Å². The summed E-state index contributed by atoms with van der Waals surface area (Å²) in [6.07, 6.45) is 0. The Morgan fingerprint density at radius 3 is 1.86 bits per heavy atom. The Labute approximate surface area is 166 Å². The highest BCUT2D eigenvalue weighted by Gasteiger charge is 2.66. The van der Waals surface area contributed by atoms with Crippen LogP contribution in [0.2, 0.25) is 0 Å². The molecular weight excluding hydrogens is 366 g/mol. The monoisotopic (exact) mass is 381 g/mol. The topological polar surface area (TPSA) is 72.8 Å². The Bertz CT molecular complexity index is 1150. The number of Topliss-reactive ketones (excluding diaryl/α,β-unsaturated/α-hetero) is 3. The summed E-state index contributed by atoms with van der Waals surface area (Å²) < 4.78 is 0. The lowest BCUT2D eigenvalue weighted by atomic mass is 9.74. The van der Waals surface area contributed by atoms with Crippen LogP contribution in [0.25, 0.3) is 0 Å². The third-order valence-corrected chi connectivity index (χ3v) is 5.46. The maximum absolute atomic E-state index is 13.4. The molecule has 1 spiro atoms. The first-order valence-corrected chi connectivity index (χ1v) is 9.24. The Balaban J connectivity index is 1.68. The minimum absolute atomic E-state index is 0.0527. The van der Waals surface area contributed by atoms with Gasteiger partial charge in [-0.05, 0) is 5.56 Å². The summed E-state index contributed by atoms with van der Waals surface area (Å²) in [7, 11) is 0. The van der Waals surface area contributed by atoms with E-state index in [1.54, 1.807) is 78.9 Å². The van der Waals surface area contributed by atoms with Gasteiger partial charge in [-0.1, -0.05) is 90.1 Å². The quantitative estimate of drug-likeness (QED) is 0.510. The lowest BCUT2D eigenvalue weighted by Crippen LogP contribution is -2.48. The van der Waals surface area contributed by atoms with Crippen LogP contribution in [-0.4, -0.2) is 28.7 Å². The molecule has 1 atom stereocenters. The number of ketones is 3. The van der Waals surface area contributed by atoms with Gasteiger partial charge in [0.05, 0.1) is 5.92 Å². The molecule has 0 saturated heterocycles. The summed E-state index contributed by atoms with van der Waals surface area (Å²) in [6.45, 7) is 0. The zero-order chi connectivity index (χ0) is 20.0. The summed E-state index contributed by atoms with van der Waals surface area (Å²) in [5, 5.41) is 4.01. The van der Waals surface area contributed by atoms with Crippen LogP contribution in [0.1, 0.15) is 42.6 Å². The van der Waals surface area contributed by atoms with Crippen LogP contribution in [0.3, 0.4) is 0 Å². The second-order valence-electron chi connectivity index (χ2n) is 7.05. The average Bonchev–Trinajstić information content (AvgIpc) is 3.28. The van der Waals surface area contributed by atoms with E-state index < -0.39 is 23.1 Å². The van der Waals surface area contributed by atoms with Crippen LogP contribution < -0.4 is 0 Å². The lowest BCUT2D eigenvalue weighted by Gasteiger charge is -2.26. The van der Waals surface area contributed by atoms with Crippen molar-refractivity contribution in [3.05, 3.63) is 107 Å². The van der Waals surface area contributed by atoms with Gasteiger partial charge in [-0.15, -0.1) is 0 Å². The van der Waals surface area contributed by atoms with Gasteiger partial charge in [-0.2, -0.15) is 0 Å². The van der Waals surface area contributed by atoms with E-state index in [2.05, 4.69) is 5.16 Å². The fraction of sp³-hybridized carbons (Fsp3) is 0.0833. The second-order valence-corrected chi connectivity index (χ2v) is 7.05. The zero-order valence-corrected chi connectivity index (χ0v) is 15.2. The third kappa shape index (κ3) is 2.34. The number of hydrogen-bond donors (Lipinski definition) is 0. The Hall–Kier alpha value is -3.86. The smallest absolute Gasteiger partial charge is 0.274 e. The van der Waals surface area contributed by atoms with E-state index in [4.69, 9.17) is 4.84 Å². The van der Waals surface area contributed by atoms with E-state index in [0.717, 1.165) is 0 Å². The molecular formula is C24H15NO4. The van der Waals surface area contributed by atoms with Crippen molar-refractivity contribution in [1.29, 1.82) is 0 Å². The molecule has 0 amide bonds. The number of oxime groups is 1. The van der Waals surface area contributed by atoms with Crippen molar-refractivity contribution in [2.45, 2.75) is 11.5 Å². The minimum Gasteiger partial charge on any atom is -0.371 e. The molecule has 5 rings (SSSR count). The van der Waals surface area contributed by atoms with Crippen molar-refractivity contribution in [3.63, 3.8) is 0 Å². The number of carbonyl (C=O) groups excluding carboxylic acids is 3. The van der Waals surface area contributed by atoms with Crippen LogP contribution in [0, 0.1) is 0 Å². The molecule has 0 bridgehead atoms. The van der Waals surface area contributed by atoms with Gasteiger partial charge in [0.1, 0.15) is 5.71 Å². The Kier molecular flexibility index (Phi) is 3.77. The molecule has 5 heteroatoms. The van der Waals surface area contributed by atoms with Crippen LogP contribution in [-0.2, 0) is 4.84 Å². The molecule has 0 N–H and O–H groups in total. The molecule has 1 heterocycles. The minimum atomic E-state index is -1.88. The molecule has 2 aliphatic rings. The van der Waals surface area contributed by atoms with Gasteiger partial charge in [0.25, 0.3) is 5.60 Å². The lowest BCUT2D eigenvalue weighted by molar-refractivity contribution is 0.00129. The fourth-order valence-electron chi connectivity index (χ4n) is 4.09. The highest BCUT2D eigenvalue weighted by atomic mass is 16.7. The normalized spacial score (nSPS) is 19.0. The highest BCUT2D eigenvalue weighted by Crippen LogP contribution is 2.47. The van der Waals surface area contributed by atoms with E-state index in [9.17, 15) is 14.4 Å². The highest BCUT2D eigenvalue weighted by molar-refractivity contribution is 6.51. The van der Waals surface area contributed by atoms with Gasteiger partial charge >= 0.3 is 0 Å². The summed E-state index contributed by atoms with van der Waals surface area (Å²) >= 11 is 0. The Morgan fingerprint density at radius 1 is 0.759 bits per heavy atom. The number of carbonyl (C=O) groups is 3. The van der Waals surface area contributed by atoms with E-state index in [-0.39, 0.29) is 11.5 Å². The van der Waals surface area contributed by atoms with Crippen molar-refractivity contribution in [1.82, 2.24) is 0 Å². The molecule has 29 heavy (non-hydrogen) atoms. The van der Waals surface area contributed by atoms with Gasteiger partial charge in [-0.25, -0.2) is 0 Å².